The zero-order valence-corrected chi connectivity index (χ0v) is 15.7. The minimum Gasteiger partial charge on any atom is -0.393 e. The average Bonchev–Trinajstić information content (AvgIpc) is 2.46. The van der Waals surface area contributed by atoms with E-state index in [2.05, 4.69) is 19.6 Å². The van der Waals surface area contributed by atoms with Gasteiger partial charge in [-0.1, -0.05) is 51.0 Å². The smallest absolute Gasteiger partial charge is 0.0811 e. The highest BCUT2D eigenvalue weighted by molar-refractivity contribution is 5.37. The Bertz CT molecular complexity index is 442. The molecule has 1 aliphatic carbocycles. The summed E-state index contributed by atoms with van der Waals surface area (Å²) < 4.78 is 0. The normalized spacial score (nSPS) is 25.6. The van der Waals surface area contributed by atoms with Crippen LogP contribution in [-0.4, -0.2) is 33.1 Å². The molecule has 0 aromatic rings. The molecule has 0 unspecified atom stereocenters. The van der Waals surface area contributed by atoms with Gasteiger partial charge in [-0.15, -0.1) is 0 Å². The lowest BCUT2D eigenvalue weighted by Crippen LogP contribution is -2.26. The molecule has 1 saturated carbocycles. The van der Waals surface area contributed by atoms with Gasteiger partial charge in [0.25, 0.3) is 0 Å². The van der Waals surface area contributed by atoms with E-state index in [1.165, 1.54) is 12.8 Å². The van der Waals surface area contributed by atoms with Crippen molar-refractivity contribution in [1.29, 1.82) is 0 Å². The van der Waals surface area contributed by atoms with Gasteiger partial charge in [0.05, 0.1) is 17.8 Å². The second kappa shape index (κ2) is 10.2. The van der Waals surface area contributed by atoms with Crippen LogP contribution in [-0.2, 0) is 0 Å². The number of allylic oxidation sites excluding steroid dienone is 3. The summed E-state index contributed by atoms with van der Waals surface area (Å²) in [7, 11) is 0. The molecular weight excluding hydrogens is 300 g/mol. The fraction of sp³-hybridized carbons (Fsp3) is 0.714. The maximum Gasteiger partial charge on any atom is 0.0811 e. The van der Waals surface area contributed by atoms with E-state index in [-0.39, 0.29) is 0 Å². The number of unbranched alkanes of at least 4 members (excludes halogenated alkanes) is 1. The molecule has 0 aliphatic heterocycles. The van der Waals surface area contributed by atoms with Crippen molar-refractivity contribution in [2.75, 3.05) is 0 Å². The molecular formula is C21H36O3. The average molecular weight is 337 g/mol. The monoisotopic (exact) mass is 336 g/mol. The molecule has 0 heterocycles. The lowest BCUT2D eigenvalue weighted by atomic mass is 9.86. The molecule has 3 N–H and O–H groups in total. The van der Waals surface area contributed by atoms with Gasteiger partial charge in [-0.05, 0) is 56.6 Å². The van der Waals surface area contributed by atoms with Crippen LogP contribution in [0.25, 0.3) is 0 Å². The minimum absolute atomic E-state index is 0.394. The number of rotatable bonds is 9. The van der Waals surface area contributed by atoms with Gasteiger partial charge < -0.3 is 15.3 Å². The van der Waals surface area contributed by atoms with Crippen molar-refractivity contribution < 1.29 is 15.3 Å². The quantitative estimate of drug-likeness (QED) is 0.551. The Kier molecular flexibility index (Phi) is 8.96. The number of aliphatic hydroxyl groups is 3. The molecule has 1 rings (SSSR count). The molecule has 0 aromatic heterocycles. The Hall–Kier alpha value is -0.900. The molecule has 3 atom stereocenters. The van der Waals surface area contributed by atoms with Crippen molar-refractivity contribution in [3.8, 4) is 0 Å². The molecule has 3 nitrogen and oxygen atoms in total. The van der Waals surface area contributed by atoms with Crippen LogP contribution in [0.3, 0.4) is 0 Å². The summed E-state index contributed by atoms with van der Waals surface area (Å²) in [5, 5.41) is 29.2. The molecule has 138 valence electrons. The largest absolute Gasteiger partial charge is 0.393 e. The zero-order valence-electron chi connectivity index (χ0n) is 15.7. The summed E-state index contributed by atoms with van der Waals surface area (Å²) in [6.45, 7) is 9.94. The molecule has 1 fully saturated rings. The summed E-state index contributed by atoms with van der Waals surface area (Å²) in [6, 6.07) is 0. The van der Waals surface area contributed by atoms with Crippen molar-refractivity contribution in [2.45, 2.75) is 89.9 Å². The number of aliphatic hydroxyl groups excluding tert-OH is 2. The second-order valence-corrected chi connectivity index (χ2v) is 8.00. The fourth-order valence-corrected chi connectivity index (χ4v) is 3.15. The Morgan fingerprint density at radius 1 is 1.25 bits per heavy atom. The first kappa shape index (κ1) is 21.1. The van der Waals surface area contributed by atoms with Crippen LogP contribution in [0.15, 0.2) is 36.0 Å². The van der Waals surface area contributed by atoms with Crippen LogP contribution < -0.4 is 0 Å². The molecule has 0 spiro atoms. The third kappa shape index (κ3) is 8.81. The van der Waals surface area contributed by atoms with E-state index >= 15 is 0 Å². The van der Waals surface area contributed by atoms with Crippen LogP contribution in [0, 0.1) is 5.92 Å². The fourth-order valence-electron chi connectivity index (χ4n) is 3.15. The van der Waals surface area contributed by atoms with Gasteiger partial charge in [0, 0.05) is 6.42 Å². The van der Waals surface area contributed by atoms with E-state index in [1.807, 2.05) is 26.0 Å². The summed E-state index contributed by atoms with van der Waals surface area (Å²) in [5.74, 6) is 0.697. The predicted molar refractivity (Wildman–Crippen MR) is 101 cm³/mol. The van der Waals surface area contributed by atoms with E-state index in [0.29, 0.717) is 18.8 Å². The van der Waals surface area contributed by atoms with E-state index in [4.69, 9.17) is 0 Å². The van der Waals surface area contributed by atoms with E-state index in [9.17, 15) is 15.3 Å². The minimum atomic E-state index is -0.613. The topological polar surface area (TPSA) is 60.7 Å². The molecule has 24 heavy (non-hydrogen) atoms. The first-order valence-electron chi connectivity index (χ1n) is 9.32. The van der Waals surface area contributed by atoms with E-state index in [1.54, 1.807) is 0 Å². The third-order valence-electron chi connectivity index (χ3n) is 4.75. The molecule has 1 aliphatic rings. The van der Waals surface area contributed by atoms with Gasteiger partial charge in [0.15, 0.2) is 0 Å². The Labute approximate surface area is 147 Å². The standard InChI is InChI=1S/C21H36O3/c1-16(11-9-13-21(3,4)24)10-7-5-6-8-12-18-14-19(22)15-20(23)17(18)2/h6,8,12,16,19-20,22-24H,2,5,7,9-11,13-15H2,1,3-4H3/b8-6+,18-12-/t16-,19-,20+/m1/s1. The van der Waals surface area contributed by atoms with Gasteiger partial charge in [-0.25, -0.2) is 0 Å². The Balaban J connectivity index is 2.21. The van der Waals surface area contributed by atoms with Crippen LogP contribution >= 0.6 is 0 Å². The van der Waals surface area contributed by atoms with Crippen molar-refractivity contribution in [2.24, 2.45) is 5.92 Å². The number of hydrogen-bond donors (Lipinski definition) is 3. The lowest BCUT2D eigenvalue weighted by Gasteiger charge is -2.26. The highest BCUT2D eigenvalue weighted by atomic mass is 16.3. The van der Waals surface area contributed by atoms with Crippen LogP contribution in [0.2, 0.25) is 0 Å². The molecule has 0 saturated heterocycles. The van der Waals surface area contributed by atoms with Crippen LogP contribution in [0.5, 0.6) is 0 Å². The highest BCUT2D eigenvalue weighted by Gasteiger charge is 2.24. The maximum atomic E-state index is 9.80. The van der Waals surface area contributed by atoms with Crippen LogP contribution in [0.1, 0.15) is 72.1 Å². The van der Waals surface area contributed by atoms with Crippen molar-refractivity contribution in [1.82, 2.24) is 0 Å². The maximum absolute atomic E-state index is 9.80. The molecule has 0 aromatic carbocycles. The van der Waals surface area contributed by atoms with Gasteiger partial charge in [-0.2, -0.15) is 0 Å². The Morgan fingerprint density at radius 3 is 2.58 bits per heavy atom. The SMILES string of the molecule is C=C1/C(=C\C=C\CCC[C@@H](C)CCCC(C)(C)O)C[C@@H](O)C[C@@H]1O. The van der Waals surface area contributed by atoms with Gasteiger partial charge in [0.2, 0.25) is 0 Å². The molecule has 0 amide bonds. The third-order valence-corrected chi connectivity index (χ3v) is 4.75. The summed E-state index contributed by atoms with van der Waals surface area (Å²) in [5.41, 5.74) is 1.16. The molecule has 0 radical (unpaired) electrons. The highest BCUT2D eigenvalue weighted by Crippen LogP contribution is 2.28. The summed E-state index contributed by atoms with van der Waals surface area (Å²) in [6.07, 6.45) is 12.6. The summed E-state index contributed by atoms with van der Waals surface area (Å²) >= 11 is 0. The van der Waals surface area contributed by atoms with Gasteiger partial charge >= 0.3 is 0 Å². The summed E-state index contributed by atoms with van der Waals surface area (Å²) in [4.78, 5) is 0. The molecule has 3 heteroatoms. The predicted octanol–water partition coefficient (Wildman–Crippen LogP) is 4.29. The van der Waals surface area contributed by atoms with Crippen LogP contribution in [0.4, 0.5) is 0 Å². The Morgan fingerprint density at radius 2 is 1.92 bits per heavy atom. The lowest BCUT2D eigenvalue weighted by molar-refractivity contribution is 0.0669. The van der Waals surface area contributed by atoms with E-state index < -0.39 is 17.8 Å². The van der Waals surface area contributed by atoms with Crippen molar-refractivity contribution >= 4 is 0 Å². The first-order chi connectivity index (χ1) is 11.2. The number of hydrogen-bond acceptors (Lipinski definition) is 3. The van der Waals surface area contributed by atoms with Gasteiger partial charge in [-0.3, -0.25) is 0 Å². The van der Waals surface area contributed by atoms with E-state index in [0.717, 1.165) is 36.8 Å². The van der Waals surface area contributed by atoms with Gasteiger partial charge in [0.1, 0.15) is 0 Å². The first-order valence-corrected chi connectivity index (χ1v) is 9.32. The molecule has 0 bridgehead atoms. The second-order valence-electron chi connectivity index (χ2n) is 8.00. The van der Waals surface area contributed by atoms with Crippen molar-refractivity contribution in [3.63, 3.8) is 0 Å². The van der Waals surface area contributed by atoms with Crippen molar-refractivity contribution in [3.05, 3.63) is 36.0 Å². The zero-order chi connectivity index (χ0) is 18.2.